The second kappa shape index (κ2) is 6.17. The topological polar surface area (TPSA) is 87.0 Å². The first-order valence-electron chi connectivity index (χ1n) is 6.39. The molecule has 5 heteroatoms. The van der Waals surface area contributed by atoms with Gasteiger partial charge in [0.25, 0.3) is 0 Å². The van der Waals surface area contributed by atoms with Crippen LogP contribution >= 0.6 is 0 Å². The summed E-state index contributed by atoms with van der Waals surface area (Å²) in [6.45, 7) is 0. The number of phenolic OH excluding ortho intramolecular Hbond substituents is 2. The number of rotatable bonds is 5. The van der Waals surface area contributed by atoms with Gasteiger partial charge < -0.3 is 20.1 Å². The monoisotopic (exact) mass is 288 g/mol. The van der Waals surface area contributed by atoms with Gasteiger partial charge >= 0.3 is 5.97 Å². The van der Waals surface area contributed by atoms with E-state index in [2.05, 4.69) is 0 Å². The number of aliphatic carboxylic acids is 1. The Morgan fingerprint density at radius 1 is 1.14 bits per heavy atom. The third-order valence-electron chi connectivity index (χ3n) is 3.28. The lowest BCUT2D eigenvalue weighted by molar-refractivity contribution is -0.138. The smallest absolute Gasteiger partial charge is 0.311 e. The summed E-state index contributed by atoms with van der Waals surface area (Å²) in [5, 5.41) is 28.4. The van der Waals surface area contributed by atoms with Crippen molar-refractivity contribution in [2.75, 3.05) is 7.11 Å². The number of ether oxygens (including phenoxy) is 1. The second-order valence-corrected chi connectivity index (χ2v) is 4.69. The van der Waals surface area contributed by atoms with E-state index in [9.17, 15) is 20.1 Å². The van der Waals surface area contributed by atoms with E-state index in [1.165, 1.54) is 25.3 Å². The van der Waals surface area contributed by atoms with E-state index in [4.69, 9.17) is 4.74 Å². The number of carboxylic acids is 1. The fraction of sp³-hybridized carbons (Fsp3) is 0.188. The maximum Gasteiger partial charge on any atom is 0.311 e. The van der Waals surface area contributed by atoms with Gasteiger partial charge in [-0.1, -0.05) is 18.2 Å². The van der Waals surface area contributed by atoms with Crippen molar-refractivity contribution in [1.82, 2.24) is 0 Å². The SMILES string of the molecule is COc1ccc(CC(C(=O)O)c2ccc(O)cc2)cc1O. The summed E-state index contributed by atoms with van der Waals surface area (Å²) >= 11 is 0. The summed E-state index contributed by atoms with van der Waals surface area (Å²) in [4.78, 5) is 11.4. The van der Waals surface area contributed by atoms with Crippen LogP contribution in [0.3, 0.4) is 0 Å². The number of phenols is 2. The molecule has 1 unspecified atom stereocenters. The van der Waals surface area contributed by atoms with E-state index < -0.39 is 11.9 Å². The molecule has 1 atom stereocenters. The molecule has 2 aromatic rings. The number of carbonyl (C=O) groups is 1. The van der Waals surface area contributed by atoms with Gasteiger partial charge in [0.15, 0.2) is 11.5 Å². The van der Waals surface area contributed by atoms with E-state index in [1.54, 1.807) is 24.3 Å². The molecule has 0 spiro atoms. The van der Waals surface area contributed by atoms with Crippen LogP contribution in [0.15, 0.2) is 42.5 Å². The number of benzene rings is 2. The van der Waals surface area contributed by atoms with E-state index in [-0.39, 0.29) is 17.9 Å². The second-order valence-electron chi connectivity index (χ2n) is 4.69. The van der Waals surface area contributed by atoms with Crippen LogP contribution in [-0.2, 0) is 11.2 Å². The summed E-state index contributed by atoms with van der Waals surface area (Å²) in [6, 6.07) is 10.9. The molecule has 0 fully saturated rings. The summed E-state index contributed by atoms with van der Waals surface area (Å²) in [6.07, 6.45) is 0.234. The molecule has 2 aromatic carbocycles. The Labute approximate surface area is 122 Å². The van der Waals surface area contributed by atoms with Crippen LogP contribution in [0.5, 0.6) is 17.2 Å². The molecular weight excluding hydrogens is 272 g/mol. The molecule has 3 N–H and O–H groups in total. The molecule has 21 heavy (non-hydrogen) atoms. The van der Waals surface area contributed by atoms with Crippen LogP contribution in [0.25, 0.3) is 0 Å². The summed E-state index contributed by atoms with van der Waals surface area (Å²) in [5.41, 5.74) is 1.28. The number of hydrogen-bond donors (Lipinski definition) is 3. The molecule has 0 saturated carbocycles. The molecule has 0 aliphatic rings. The van der Waals surface area contributed by atoms with Gasteiger partial charge in [-0.2, -0.15) is 0 Å². The first-order valence-corrected chi connectivity index (χ1v) is 6.39. The van der Waals surface area contributed by atoms with Crippen LogP contribution in [0.2, 0.25) is 0 Å². The van der Waals surface area contributed by atoms with E-state index in [0.717, 1.165) is 0 Å². The van der Waals surface area contributed by atoms with Crippen molar-refractivity contribution in [3.05, 3.63) is 53.6 Å². The largest absolute Gasteiger partial charge is 0.508 e. The summed E-state index contributed by atoms with van der Waals surface area (Å²) < 4.78 is 4.96. The van der Waals surface area contributed by atoms with Gasteiger partial charge in [-0.3, -0.25) is 4.79 Å². The highest BCUT2D eigenvalue weighted by Gasteiger charge is 2.21. The molecule has 0 radical (unpaired) electrons. The number of carboxylic acid groups (broad SMARTS) is 1. The first kappa shape index (κ1) is 14.7. The van der Waals surface area contributed by atoms with Crippen molar-refractivity contribution in [1.29, 1.82) is 0 Å². The van der Waals surface area contributed by atoms with Crippen LogP contribution in [-0.4, -0.2) is 28.4 Å². The molecule has 0 heterocycles. The lowest BCUT2D eigenvalue weighted by Crippen LogP contribution is -2.14. The van der Waals surface area contributed by atoms with Crippen molar-refractivity contribution in [2.24, 2.45) is 0 Å². The van der Waals surface area contributed by atoms with Crippen molar-refractivity contribution in [2.45, 2.75) is 12.3 Å². The van der Waals surface area contributed by atoms with Gasteiger partial charge in [0.1, 0.15) is 5.75 Å². The summed E-state index contributed by atoms with van der Waals surface area (Å²) in [5.74, 6) is -1.31. The third-order valence-corrected chi connectivity index (χ3v) is 3.28. The maximum absolute atomic E-state index is 11.4. The zero-order valence-corrected chi connectivity index (χ0v) is 11.5. The number of hydrogen-bond acceptors (Lipinski definition) is 4. The zero-order valence-electron chi connectivity index (χ0n) is 11.5. The van der Waals surface area contributed by atoms with E-state index in [0.29, 0.717) is 16.9 Å². The fourth-order valence-electron chi connectivity index (χ4n) is 2.15. The molecule has 0 aromatic heterocycles. The van der Waals surface area contributed by atoms with Crippen LogP contribution in [0.1, 0.15) is 17.0 Å². The third kappa shape index (κ3) is 3.45. The average molecular weight is 288 g/mol. The molecular formula is C16H16O5. The molecule has 110 valence electrons. The molecule has 2 rings (SSSR count). The van der Waals surface area contributed by atoms with Gasteiger partial charge in [-0.15, -0.1) is 0 Å². The molecule has 5 nitrogen and oxygen atoms in total. The zero-order chi connectivity index (χ0) is 15.4. The minimum Gasteiger partial charge on any atom is -0.508 e. The van der Waals surface area contributed by atoms with Crippen molar-refractivity contribution < 1.29 is 24.9 Å². The Kier molecular flexibility index (Phi) is 4.33. The molecule has 0 bridgehead atoms. The molecule has 0 aliphatic carbocycles. The van der Waals surface area contributed by atoms with Crippen molar-refractivity contribution in [3.63, 3.8) is 0 Å². The van der Waals surface area contributed by atoms with Gasteiger partial charge in [0.05, 0.1) is 13.0 Å². The highest BCUT2D eigenvalue weighted by Crippen LogP contribution is 2.29. The van der Waals surface area contributed by atoms with E-state index in [1.807, 2.05) is 0 Å². The van der Waals surface area contributed by atoms with Crippen LogP contribution in [0, 0.1) is 0 Å². The van der Waals surface area contributed by atoms with Gasteiger partial charge in [0.2, 0.25) is 0 Å². The Balaban J connectivity index is 2.26. The van der Waals surface area contributed by atoms with Gasteiger partial charge in [0, 0.05) is 0 Å². The molecule has 0 aliphatic heterocycles. The van der Waals surface area contributed by atoms with Crippen LogP contribution < -0.4 is 4.74 Å². The van der Waals surface area contributed by atoms with Crippen molar-refractivity contribution in [3.8, 4) is 17.2 Å². The Morgan fingerprint density at radius 2 is 1.81 bits per heavy atom. The van der Waals surface area contributed by atoms with E-state index >= 15 is 0 Å². The highest BCUT2D eigenvalue weighted by molar-refractivity contribution is 5.76. The van der Waals surface area contributed by atoms with Crippen molar-refractivity contribution >= 4 is 5.97 Å². The minimum absolute atomic E-state index is 0.0233. The average Bonchev–Trinajstić information content (AvgIpc) is 2.46. The van der Waals surface area contributed by atoms with Gasteiger partial charge in [-0.25, -0.2) is 0 Å². The lowest BCUT2D eigenvalue weighted by atomic mass is 9.92. The normalized spacial score (nSPS) is 11.9. The number of methoxy groups -OCH3 is 1. The number of aromatic hydroxyl groups is 2. The van der Waals surface area contributed by atoms with Crippen LogP contribution in [0.4, 0.5) is 0 Å². The quantitative estimate of drug-likeness (QED) is 0.787. The molecule has 0 saturated heterocycles. The lowest BCUT2D eigenvalue weighted by Gasteiger charge is -2.14. The standard InChI is InChI=1S/C16H16O5/c1-21-15-7-2-10(9-14(15)18)8-13(16(19)20)11-3-5-12(17)6-4-11/h2-7,9,13,17-18H,8H2,1H3,(H,19,20). The predicted molar refractivity (Wildman–Crippen MR) is 76.8 cm³/mol. The highest BCUT2D eigenvalue weighted by atomic mass is 16.5. The Bertz CT molecular complexity index is 634. The molecule has 0 amide bonds. The first-order chi connectivity index (χ1) is 10.0. The minimum atomic E-state index is -0.962. The Morgan fingerprint density at radius 3 is 2.33 bits per heavy atom. The predicted octanol–water partition coefficient (Wildman–Crippen LogP) is 2.52. The van der Waals surface area contributed by atoms with Gasteiger partial charge in [-0.05, 0) is 41.8 Å². The summed E-state index contributed by atoms with van der Waals surface area (Å²) in [7, 11) is 1.45. The Hall–Kier alpha value is -2.69. The fourth-order valence-corrected chi connectivity index (χ4v) is 2.15. The maximum atomic E-state index is 11.4.